The first-order valence-corrected chi connectivity index (χ1v) is 6.36. The third-order valence-corrected chi connectivity index (χ3v) is 2.53. The van der Waals surface area contributed by atoms with Gasteiger partial charge in [0.1, 0.15) is 0 Å². The number of aliphatic hydroxyl groups excluding tert-OH is 1. The van der Waals surface area contributed by atoms with Gasteiger partial charge in [-0.15, -0.1) is 6.42 Å². The highest BCUT2D eigenvalue weighted by Gasteiger charge is 2.16. The van der Waals surface area contributed by atoms with Crippen LogP contribution in [0.2, 0.25) is 0 Å². The minimum absolute atomic E-state index is 0.0848. The molecule has 5 nitrogen and oxygen atoms in total. The summed E-state index contributed by atoms with van der Waals surface area (Å²) in [6.45, 7) is 4.01. The molecule has 0 radical (unpaired) electrons. The smallest absolute Gasteiger partial charge is 0.261 e. The average molecular weight is 277 g/mol. The van der Waals surface area contributed by atoms with Crippen molar-refractivity contribution in [2.24, 2.45) is 0 Å². The number of hydrogen-bond acceptors (Lipinski definition) is 4. The topological polar surface area (TPSA) is 67.8 Å². The molecule has 0 bridgehead atoms. The second-order valence-corrected chi connectivity index (χ2v) is 4.05. The van der Waals surface area contributed by atoms with Crippen LogP contribution in [0.5, 0.6) is 11.5 Å². The maximum Gasteiger partial charge on any atom is 0.261 e. The number of hydrogen-bond donors (Lipinski definition) is 2. The third kappa shape index (κ3) is 4.48. The van der Waals surface area contributed by atoms with Gasteiger partial charge >= 0.3 is 0 Å². The van der Waals surface area contributed by atoms with Crippen molar-refractivity contribution in [3.05, 3.63) is 23.8 Å². The molecule has 0 saturated carbocycles. The Morgan fingerprint density at radius 3 is 2.85 bits per heavy atom. The minimum atomic E-state index is -0.692. The van der Waals surface area contributed by atoms with Crippen molar-refractivity contribution in [3.8, 4) is 23.8 Å². The molecule has 0 aliphatic heterocycles. The summed E-state index contributed by atoms with van der Waals surface area (Å²) in [5.41, 5.74) is 0.713. The number of terminal acetylenes is 1. The molecule has 1 aromatic rings. The Bertz CT molecular complexity index is 493. The molecule has 1 unspecified atom stereocenters. The molecule has 1 aromatic carbocycles. The number of amides is 1. The number of benzene rings is 1. The summed E-state index contributed by atoms with van der Waals surface area (Å²) in [6, 6.07) is 5.07. The number of rotatable bonds is 7. The van der Waals surface area contributed by atoms with Crippen LogP contribution in [0.1, 0.15) is 19.4 Å². The molecular formula is C15H19NO4. The van der Waals surface area contributed by atoms with E-state index in [-0.39, 0.29) is 19.1 Å². The predicted octanol–water partition coefficient (Wildman–Crippen LogP) is 1.09. The molecule has 1 amide bonds. The van der Waals surface area contributed by atoms with Crippen LogP contribution in [0, 0.1) is 12.3 Å². The van der Waals surface area contributed by atoms with E-state index < -0.39 is 6.10 Å². The fraction of sp³-hybridized carbons (Fsp3) is 0.400. The lowest BCUT2D eigenvalue weighted by atomic mass is 10.2. The van der Waals surface area contributed by atoms with Gasteiger partial charge in [-0.25, -0.2) is 0 Å². The van der Waals surface area contributed by atoms with Gasteiger partial charge in [-0.2, -0.15) is 0 Å². The fourth-order valence-electron chi connectivity index (χ4n) is 1.54. The largest absolute Gasteiger partial charge is 0.490 e. The van der Waals surface area contributed by atoms with Crippen LogP contribution >= 0.6 is 0 Å². The molecule has 0 fully saturated rings. The second kappa shape index (κ2) is 8.08. The third-order valence-electron chi connectivity index (χ3n) is 2.53. The molecule has 0 saturated heterocycles. The minimum Gasteiger partial charge on any atom is -0.490 e. The van der Waals surface area contributed by atoms with Gasteiger partial charge in [0.15, 0.2) is 17.6 Å². The van der Waals surface area contributed by atoms with Crippen molar-refractivity contribution >= 4 is 5.91 Å². The van der Waals surface area contributed by atoms with E-state index >= 15 is 0 Å². The van der Waals surface area contributed by atoms with Gasteiger partial charge in [0, 0.05) is 0 Å². The van der Waals surface area contributed by atoms with Crippen molar-refractivity contribution in [1.82, 2.24) is 5.32 Å². The van der Waals surface area contributed by atoms with Crippen LogP contribution in [0.3, 0.4) is 0 Å². The molecular weight excluding hydrogens is 258 g/mol. The molecule has 0 aliphatic rings. The Morgan fingerprint density at radius 1 is 1.50 bits per heavy atom. The number of nitrogens with one attached hydrogen (secondary N) is 1. The Labute approximate surface area is 118 Å². The van der Waals surface area contributed by atoms with Crippen LogP contribution in [0.15, 0.2) is 18.2 Å². The highest BCUT2D eigenvalue weighted by atomic mass is 16.5. The number of ether oxygens (including phenoxy) is 2. The molecule has 20 heavy (non-hydrogen) atoms. The summed E-state index contributed by atoms with van der Waals surface area (Å²) in [5, 5.41) is 11.7. The van der Waals surface area contributed by atoms with Crippen molar-refractivity contribution in [1.29, 1.82) is 0 Å². The zero-order chi connectivity index (χ0) is 15.0. The average Bonchev–Trinajstić information content (AvgIpc) is 2.46. The van der Waals surface area contributed by atoms with Gasteiger partial charge in [0.2, 0.25) is 0 Å². The van der Waals surface area contributed by atoms with Crippen molar-refractivity contribution < 1.29 is 19.4 Å². The lowest BCUT2D eigenvalue weighted by Gasteiger charge is -2.17. The van der Waals surface area contributed by atoms with Crippen LogP contribution in [0.4, 0.5) is 0 Å². The van der Waals surface area contributed by atoms with Crippen molar-refractivity contribution in [2.45, 2.75) is 26.6 Å². The Hall–Kier alpha value is -2.19. The van der Waals surface area contributed by atoms with Crippen LogP contribution < -0.4 is 14.8 Å². The van der Waals surface area contributed by atoms with Gasteiger partial charge in [0.25, 0.3) is 5.91 Å². The quantitative estimate of drug-likeness (QED) is 0.732. The highest BCUT2D eigenvalue weighted by Crippen LogP contribution is 2.29. The van der Waals surface area contributed by atoms with E-state index in [1.165, 1.54) is 0 Å². The number of aliphatic hydroxyl groups is 1. The summed E-state index contributed by atoms with van der Waals surface area (Å²) >= 11 is 0. The number of carbonyl (C=O) groups excluding carboxylic acids is 1. The standard InChI is InChI=1S/C15H19NO4/c1-4-8-16-15(18)11(3)20-13-7-6-12(10-17)9-14(13)19-5-2/h1,6-7,9,11,17H,5,8,10H2,2-3H3,(H,16,18). The van der Waals surface area contributed by atoms with E-state index in [1.807, 2.05) is 6.92 Å². The second-order valence-electron chi connectivity index (χ2n) is 4.05. The lowest BCUT2D eigenvalue weighted by molar-refractivity contribution is -0.127. The molecule has 5 heteroatoms. The van der Waals surface area contributed by atoms with Gasteiger partial charge < -0.3 is 19.9 Å². The van der Waals surface area contributed by atoms with Gasteiger partial charge in [-0.3, -0.25) is 4.79 Å². The SMILES string of the molecule is C#CCNC(=O)C(C)Oc1ccc(CO)cc1OCC. The molecule has 2 N–H and O–H groups in total. The molecule has 0 aromatic heterocycles. The van der Waals surface area contributed by atoms with Crippen molar-refractivity contribution in [2.75, 3.05) is 13.2 Å². The molecule has 0 spiro atoms. The summed E-state index contributed by atoms with van der Waals surface area (Å²) in [6.07, 6.45) is 4.38. The van der Waals surface area contributed by atoms with E-state index in [9.17, 15) is 4.79 Å². The Morgan fingerprint density at radius 2 is 2.25 bits per heavy atom. The summed E-state index contributed by atoms with van der Waals surface area (Å²) in [5.74, 6) is 2.98. The van der Waals surface area contributed by atoms with Gasteiger partial charge in [-0.1, -0.05) is 12.0 Å². The lowest BCUT2D eigenvalue weighted by Crippen LogP contribution is -2.36. The number of carbonyl (C=O) groups is 1. The zero-order valence-electron chi connectivity index (χ0n) is 11.7. The molecule has 1 atom stereocenters. The molecule has 0 aliphatic carbocycles. The monoisotopic (exact) mass is 277 g/mol. The zero-order valence-corrected chi connectivity index (χ0v) is 11.7. The van der Waals surface area contributed by atoms with E-state index in [0.717, 1.165) is 0 Å². The first-order chi connectivity index (χ1) is 9.62. The molecule has 108 valence electrons. The Kier molecular flexibility index (Phi) is 6.41. The predicted molar refractivity (Wildman–Crippen MR) is 75.5 cm³/mol. The fourth-order valence-corrected chi connectivity index (χ4v) is 1.54. The summed E-state index contributed by atoms with van der Waals surface area (Å²) in [4.78, 5) is 11.7. The van der Waals surface area contributed by atoms with Crippen LogP contribution in [-0.4, -0.2) is 30.3 Å². The first kappa shape index (κ1) is 15.9. The summed E-state index contributed by atoms with van der Waals surface area (Å²) in [7, 11) is 0. The molecule has 0 heterocycles. The van der Waals surface area contributed by atoms with Crippen LogP contribution in [0.25, 0.3) is 0 Å². The normalized spacial score (nSPS) is 11.3. The van der Waals surface area contributed by atoms with Crippen molar-refractivity contribution in [3.63, 3.8) is 0 Å². The molecule has 1 rings (SSSR count). The maximum absolute atomic E-state index is 11.7. The first-order valence-electron chi connectivity index (χ1n) is 6.36. The summed E-state index contributed by atoms with van der Waals surface area (Å²) < 4.78 is 11.0. The van der Waals surface area contributed by atoms with E-state index in [4.69, 9.17) is 21.0 Å². The van der Waals surface area contributed by atoms with E-state index in [2.05, 4.69) is 11.2 Å². The Balaban J connectivity index is 2.80. The highest BCUT2D eigenvalue weighted by molar-refractivity contribution is 5.81. The van der Waals surface area contributed by atoms with Gasteiger partial charge in [0.05, 0.1) is 19.8 Å². The van der Waals surface area contributed by atoms with Crippen LogP contribution in [-0.2, 0) is 11.4 Å². The van der Waals surface area contributed by atoms with E-state index in [0.29, 0.717) is 23.7 Å². The van der Waals surface area contributed by atoms with E-state index in [1.54, 1.807) is 25.1 Å². The van der Waals surface area contributed by atoms with Gasteiger partial charge in [-0.05, 0) is 31.5 Å². The maximum atomic E-state index is 11.7.